The minimum atomic E-state index is -3.69. The van der Waals surface area contributed by atoms with Gasteiger partial charge in [-0.1, -0.05) is 18.5 Å². The van der Waals surface area contributed by atoms with E-state index in [1.54, 1.807) is 0 Å². The quantitative estimate of drug-likeness (QED) is 0.804. The third-order valence-corrected chi connectivity index (χ3v) is 5.81. The van der Waals surface area contributed by atoms with Crippen molar-refractivity contribution >= 4 is 21.6 Å². The SMILES string of the molecule is CC1CCCN(CCCNS(=O)(=O)c2ccc(F)cc2Cl)C1. The summed E-state index contributed by atoms with van der Waals surface area (Å²) in [5.74, 6) is 0.159. The number of hydrogen-bond acceptors (Lipinski definition) is 3. The maximum atomic E-state index is 13.0. The van der Waals surface area contributed by atoms with E-state index in [0.717, 1.165) is 38.2 Å². The predicted octanol–water partition coefficient (Wildman–Crippen LogP) is 2.88. The topological polar surface area (TPSA) is 49.4 Å². The lowest BCUT2D eigenvalue weighted by Crippen LogP contribution is -2.36. The fraction of sp³-hybridized carbons (Fsp3) is 0.600. The second-order valence-corrected chi connectivity index (χ2v) is 8.02. The molecular weight excluding hydrogens is 327 g/mol. The van der Waals surface area contributed by atoms with E-state index in [1.165, 1.54) is 18.9 Å². The highest BCUT2D eigenvalue weighted by Crippen LogP contribution is 2.22. The summed E-state index contributed by atoms with van der Waals surface area (Å²) in [6.45, 7) is 5.63. The van der Waals surface area contributed by atoms with E-state index in [4.69, 9.17) is 11.6 Å². The van der Waals surface area contributed by atoms with E-state index in [1.807, 2.05) is 0 Å². The maximum absolute atomic E-state index is 13.0. The molecule has 0 radical (unpaired) electrons. The highest BCUT2D eigenvalue weighted by atomic mass is 35.5. The molecule has 0 aliphatic carbocycles. The molecule has 1 heterocycles. The van der Waals surface area contributed by atoms with E-state index in [0.29, 0.717) is 12.5 Å². The third kappa shape index (κ3) is 4.91. The molecule has 0 amide bonds. The van der Waals surface area contributed by atoms with Crippen molar-refractivity contribution in [3.63, 3.8) is 0 Å². The number of benzene rings is 1. The fourth-order valence-corrected chi connectivity index (χ4v) is 4.37. The summed E-state index contributed by atoms with van der Waals surface area (Å²) in [4.78, 5) is 2.29. The first kappa shape index (κ1) is 17.7. The van der Waals surface area contributed by atoms with Crippen LogP contribution in [0.15, 0.2) is 23.1 Å². The zero-order valence-corrected chi connectivity index (χ0v) is 14.3. The highest BCUT2D eigenvalue weighted by Gasteiger charge is 2.19. The Bertz CT molecular complexity index is 610. The molecular formula is C15H22ClFN2O2S. The number of hydrogen-bond donors (Lipinski definition) is 1. The Morgan fingerprint density at radius 2 is 2.23 bits per heavy atom. The minimum Gasteiger partial charge on any atom is -0.303 e. The van der Waals surface area contributed by atoms with Crippen LogP contribution in [0.1, 0.15) is 26.2 Å². The predicted molar refractivity (Wildman–Crippen MR) is 86.1 cm³/mol. The van der Waals surface area contributed by atoms with Gasteiger partial charge < -0.3 is 4.90 Å². The van der Waals surface area contributed by atoms with E-state index in [9.17, 15) is 12.8 Å². The van der Waals surface area contributed by atoms with Crippen LogP contribution in [0.3, 0.4) is 0 Å². The summed E-state index contributed by atoms with van der Waals surface area (Å²) in [7, 11) is -3.69. The van der Waals surface area contributed by atoms with Crippen molar-refractivity contribution in [1.29, 1.82) is 0 Å². The lowest BCUT2D eigenvalue weighted by Gasteiger charge is -2.30. The van der Waals surface area contributed by atoms with Crippen LogP contribution in [0.2, 0.25) is 5.02 Å². The monoisotopic (exact) mass is 348 g/mol. The van der Waals surface area contributed by atoms with Crippen LogP contribution in [0.4, 0.5) is 4.39 Å². The number of nitrogens with one attached hydrogen (secondary N) is 1. The largest absolute Gasteiger partial charge is 0.303 e. The Morgan fingerprint density at radius 1 is 1.45 bits per heavy atom. The van der Waals surface area contributed by atoms with Crippen molar-refractivity contribution < 1.29 is 12.8 Å². The van der Waals surface area contributed by atoms with Gasteiger partial charge in [-0.25, -0.2) is 17.5 Å². The van der Waals surface area contributed by atoms with Crippen LogP contribution < -0.4 is 4.72 Å². The molecule has 22 heavy (non-hydrogen) atoms. The molecule has 124 valence electrons. The van der Waals surface area contributed by atoms with Gasteiger partial charge in [-0.15, -0.1) is 0 Å². The summed E-state index contributed by atoms with van der Waals surface area (Å²) in [5.41, 5.74) is 0. The van der Waals surface area contributed by atoms with Gasteiger partial charge in [-0.05, 0) is 56.5 Å². The number of nitrogens with zero attached hydrogens (tertiary/aromatic N) is 1. The van der Waals surface area contributed by atoms with Crippen LogP contribution in [0.25, 0.3) is 0 Å². The molecule has 1 fully saturated rings. The molecule has 1 unspecified atom stereocenters. The van der Waals surface area contributed by atoms with Crippen molar-refractivity contribution in [3.05, 3.63) is 29.0 Å². The molecule has 1 N–H and O–H groups in total. The molecule has 1 aliphatic rings. The smallest absolute Gasteiger partial charge is 0.242 e. The van der Waals surface area contributed by atoms with Gasteiger partial charge in [0.15, 0.2) is 0 Å². The molecule has 7 heteroatoms. The summed E-state index contributed by atoms with van der Waals surface area (Å²) in [5, 5.41) is -0.0997. The van der Waals surface area contributed by atoms with Crippen LogP contribution in [0.5, 0.6) is 0 Å². The first-order valence-electron chi connectivity index (χ1n) is 7.55. The van der Waals surface area contributed by atoms with Crippen molar-refractivity contribution in [1.82, 2.24) is 9.62 Å². The average Bonchev–Trinajstić information content (AvgIpc) is 2.43. The molecule has 1 atom stereocenters. The highest BCUT2D eigenvalue weighted by molar-refractivity contribution is 7.89. The zero-order chi connectivity index (χ0) is 16.2. The third-order valence-electron chi connectivity index (χ3n) is 3.87. The van der Waals surface area contributed by atoms with E-state index in [-0.39, 0.29) is 9.92 Å². The van der Waals surface area contributed by atoms with Crippen LogP contribution in [-0.2, 0) is 10.0 Å². The molecule has 0 saturated carbocycles. The molecule has 1 aliphatic heterocycles. The first-order valence-corrected chi connectivity index (χ1v) is 9.41. The van der Waals surface area contributed by atoms with Crippen LogP contribution >= 0.6 is 11.6 Å². The Balaban J connectivity index is 1.82. The van der Waals surface area contributed by atoms with Gasteiger partial charge in [0.05, 0.1) is 5.02 Å². The summed E-state index contributed by atoms with van der Waals surface area (Å²) in [6.07, 6.45) is 3.22. The normalized spacial score (nSPS) is 20.2. The van der Waals surface area contributed by atoms with Crippen molar-refractivity contribution in [2.75, 3.05) is 26.2 Å². The molecule has 0 bridgehead atoms. The van der Waals surface area contributed by atoms with Crippen LogP contribution in [0, 0.1) is 11.7 Å². The number of halogens is 2. The second-order valence-electron chi connectivity index (χ2n) is 5.87. The summed E-state index contributed by atoms with van der Waals surface area (Å²) < 4.78 is 39.8. The van der Waals surface area contributed by atoms with Gasteiger partial charge in [0, 0.05) is 13.1 Å². The van der Waals surface area contributed by atoms with Gasteiger partial charge in [0.25, 0.3) is 0 Å². The van der Waals surface area contributed by atoms with Crippen molar-refractivity contribution in [2.24, 2.45) is 5.92 Å². The first-order chi connectivity index (χ1) is 10.4. The maximum Gasteiger partial charge on any atom is 0.242 e. The van der Waals surface area contributed by atoms with E-state index in [2.05, 4.69) is 16.5 Å². The minimum absolute atomic E-state index is 0.0813. The molecule has 0 spiro atoms. The Labute approximate surface area is 136 Å². The lowest BCUT2D eigenvalue weighted by molar-refractivity contribution is 0.182. The zero-order valence-electron chi connectivity index (χ0n) is 12.7. The molecule has 1 aromatic carbocycles. The number of piperidine rings is 1. The number of sulfonamides is 1. The Kier molecular flexibility index (Phi) is 6.20. The summed E-state index contributed by atoms with van der Waals surface area (Å²) >= 11 is 5.80. The number of rotatable bonds is 6. The lowest BCUT2D eigenvalue weighted by atomic mass is 10.0. The van der Waals surface area contributed by atoms with E-state index >= 15 is 0 Å². The number of likely N-dealkylation sites (tertiary alicyclic amines) is 1. The van der Waals surface area contributed by atoms with Crippen molar-refractivity contribution in [3.8, 4) is 0 Å². The Hall–Kier alpha value is -0.690. The van der Waals surface area contributed by atoms with Gasteiger partial charge >= 0.3 is 0 Å². The average molecular weight is 349 g/mol. The molecule has 1 aromatic rings. The molecule has 0 aromatic heterocycles. The van der Waals surface area contributed by atoms with Gasteiger partial charge in [-0.2, -0.15) is 0 Å². The Morgan fingerprint density at radius 3 is 2.91 bits per heavy atom. The molecule has 4 nitrogen and oxygen atoms in total. The second kappa shape index (κ2) is 7.73. The summed E-state index contributed by atoms with van der Waals surface area (Å²) in [6, 6.07) is 3.28. The van der Waals surface area contributed by atoms with Crippen LogP contribution in [-0.4, -0.2) is 39.5 Å². The van der Waals surface area contributed by atoms with Gasteiger partial charge in [0.2, 0.25) is 10.0 Å². The fourth-order valence-electron chi connectivity index (χ4n) is 2.77. The van der Waals surface area contributed by atoms with Gasteiger partial charge in [-0.3, -0.25) is 0 Å². The standard InChI is InChI=1S/C15H22ClFN2O2S/c1-12-4-2-8-19(11-12)9-3-7-18-22(20,21)15-6-5-13(17)10-14(15)16/h5-6,10,12,18H,2-4,7-9,11H2,1H3. The van der Waals surface area contributed by atoms with Crippen molar-refractivity contribution in [2.45, 2.75) is 31.1 Å². The van der Waals surface area contributed by atoms with Gasteiger partial charge in [0.1, 0.15) is 10.7 Å². The molecule has 2 rings (SSSR count). The molecule has 1 saturated heterocycles. The van der Waals surface area contributed by atoms with E-state index < -0.39 is 15.8 Å².